The van der Waals surface area contributed by atoms with Crippen molar-refractivity contribution in [2.45, 2.75) is 12.8 Å². The van der Waals surface area contributed by atoms with Gasteiger partial charge in [0.25, 0.3) is 0 Å². The molecule has 0 amide bonds. The van der Waals surface area contributed by atoms with E-state index >= 15 is 0 Å². The first kappa shape index (κ1) is 14.4. The number of rotatable bonds is 5. The number of nitrogens with two attached hydrogens (primary N) is 1. The van der Waals surface area contributed by atoms with Gasteiger partial charge in [-0.25, -0.2) is 10.8 Å². The van der Waals surface area contributed by atoms with Crippen LogP contribution in [-0.2, 0) is 4.74 Å². The number of ether oxygens (including phenoxy) is 1. The van der Waals surface area contributed by atoms with E-state index in [1.807, 2.05) is 4.90 Å². The highest BCUT2D eigenvalue weighted by Gasteiger charge is 2.27. The molecule has 1 aliphatic heterocycles. The Labute approximate surface area is 116 Å². The second-order valence-electron chi connectivity index (χ2n) is 4.71. The van der Waals surface area contributed by atoms with Crippen LogP contribution in [0.2, 0.25) is 0 Å². The fourth-order valence-electron chi connectivity index (χ4n) is 2.43. The van der Waals surface area contributed by atoms with Crippen LogP contribution in [0, 0.1) is 16.0 Å². The third-order valence-electron chi connectivity index (χ3n) is 3.30. The molecule has 1 aliphatic rings. The molecule has 0 aliphatic carbocycles. The number of piperidine rings is 1. The van der Waals surface area contributed by atoms with Crippen LogP contribution < -0.4 is 16.2 Å². The van der Waals surface area contributed by atoms with Crippen LogP contribution in [0.5, 0.6) is 0 Å². The average Bonchev–Trinajstić information content (AvgIpc) is 2.47. The Morgan fingerprint density at radius 3 is 3.15 bits per heavy atom. The topological polar surface area (TPSA) is 119 Å². The molecule has 0 bridgehead atoms. The van der Waals surface area contributed by atoms with E-state index in [2.05, 4.69) is 15.4 Å². The number of anilines is 2. The molecule has 1 aromatic heterocycles. The number of nitrogen functional groups attached to an aromatic ring is 1. The maximum Gasteiger partial charge on any atom is 0.329 e. The number of nitrogens with zero attached hydrogens (tertiary/aromatic N) is 4. The third kappa shape index (κ3) is 3.11. The zero-order valence-electron chi connectivity index (χ0n) is 11.3. The molecule has 2 heterocycles. The molecule has 20 heavy (non-hydrogen) atoms. The van der Waals surface area contributed by atoms with Crippen molar-refractivity contribution < 1.29 is 9.66 Å². The fraction of sp³-hybridized carbons (Fsp3) is 0.636. The quantitative estimate of drug-likeness (QED) is 0.456. The normalized spacial score (nSPS) is 18.9. The summed E-state index contributed by atoms with van der Waals surface area (Å²) < 4.78 is 5.16. The van der Waals surface area contributed by atoms with Crippen molar-refractivity contribution in [3.63, 3.8) is 0 Å². The Morgan fingerprint density at radius 1 is 1.70 bits per heavy atom. The first-order valence-electron chi connectivity index (χ1n) is 6.37. The van der Waals surface area contributed by atoms with Gasteiger partial charge in [-0.3, -0.25) is 15.5 Å². The lowest BCUT2D eigenvalue weighted by Gasteiger charge is -2.32. The summed E-state index contributed by atoms with van der Waals surface area (Å²) in [5, 5.41) is 11.1. The summed E-state index contributed by atoms with van der Waals surface area (Å²) in [6.07, 6.45) is 3.17. The number of hydrogen-bond donors (Lipinski definition) is 2. The number of hydrogen-bond acceptors (Lipinski definition) is 8. The zero-order valence-corrected chi connectivity index (χ0v) is 11.3. The van der Waals surface area contributed by atoms with Gasteiger partial charge in [0.2, 0.25) is 11.8 Å². The van der Waals surface area contributed by atoms with Crippen molar-refractivity contribution in [1.29, 1.82) is 0 Å². The summed E-state index contributed by atoms with van der Waals surface area (Å²) >= 11 is 0. The number of nitro groups is 1. The van der Waals surface area contributed by atoms with Crippen LogP contribution in [-0.4, -0.2) is 41.7 Å². The Balaban J connectivity index is 2.27. The number of hydrazine groups is 1. The van der Waals surface area contributed by atoms with Gasteiger partial charge < -0.3 is 9.64 Å². The Bertz CT molecular complexity index is 481. The molecule has 1 unspecified atom stereocenters. The third-order valence-corrected chi connectivity index (χ3v) is 3.30. The summed E-state index contributed by atoms with van der Waals surface area (Å²) in [7, 11) is 1.66. The van der Waals surface area contributed by atoms with Crippen molar-refractivity contribution in [2.24, 2.45) is 11.8 Å². The monoisotopic (exact) mass is 282 g/mol. The molecule has 110 valence electrons. The molecule has 3 N–H and O–H groups in total. The smallest absolute Gasteiger partial charge is 0.329 e. The second-order valence-corrected chi connectivity index (χ2v) is 4.71. The van der Waals surface area contributed by atoms with Crippen molar-refractivity contribution in [2.75, 3.05) is 37.1 Å². The Morgan fingerprint density at radius 2 is 2.50 bits per heavy atom. The molecule has 0 radical (unpaired) electrons. The first-order valence-corrected chi connectivity index (χ1v) is 6.37. The van der Waals surface area contributed by atoms with Crippen molar-refractivity contribution >= 4 is 17.5 Å². The minimum absolute atomic E-state index is 0.109. The first-order chi connectivity index (χ1) is 9.65. The molecular weight excluding hydrogens is 264 g/mol. The summed E-state index contributed by atoms with van der Waals surface area (Å²) in [6.45, 7) is 2.04. The molecule has 1 saturated heterocycles. The molecule has 0 aromatic carbocycles. The Kier molecular flexibility index (Phi) is 4.64. The van der Waals surface area contributed by atoms with Crippen molar-refractivity contribution in [3.8, 4) is 0 Å². The van der Waals surface area contributed by atoms with Crippen LogP contribution in [0.15, 0.2) is 6.20 Å². The number of aromatic nitrogens is 2. The van der Waals surface area contributed by atoms with E-state index in [0.717, 1.165) is 19.4 Å². The van der Waals surface area contributed by atoms with E-state index in [9.17, 15) is 10.1 Å². The largest absolute Gasteiger partial charge is 0.384 e. The summed E-state index contributed by atoms with van der Waals surface area (Å²) in [5.41, 5.74) is 2.20. The summed E-state index contributed by atoms with van der Waals surface area (Å²) in [6, 6.07) is 0. The van der Waals surface area contributed by atoms with Gasteiger partial charge in [0.1, 0.15) is 6.20 Å². The molecule has 2 rings (SSSR count). The SMILES string of the molecule is COCC1CCCN(c2nc(NN)ncc2[N+](=O)[O-])C1. The highest BCUT2D eigenvalue weighted by Crippen LogP contribution is 2.29. The molecule has 9 heteroatoms. The minimum atomic E-state index is -0.477. The van der Waals surface area contributed by atoms with E-state index < -0.39 is 4.92 Å². The van der Waals surface area contributed by atoms with E-state index in [1.165, 1.54) is 6.20 Å². The van der Waals surface area contributed by atoms with Crippen molar-refractivity contribution in [3.05, 3.63) is 16.3 Å². The zero-order chi connectivity index (χ0) is 14.5. The van der Waals surface area contributed by atoms with E-state index in [1.54, 1.807) is 7.11 Å². The van der Waals surface area contributed by atoms with Gasteiger partial charge >= 0.3 is 5.69 Å². The van der Waals surface area contributed by atoms with E-state index in [-0.39, 0.29) is 11.6 Å². The van der Waals surface area contributed by atoms with Gasteiger partial charge in [-0.15, -0.1) is 0 Å². The van der Waals surface area contributed by atoms with Crippen LogP contribution in [0.1, 0.15) is 12.8 Å². The number of methoxy groups -OCH3 is 1. The molecule has 1 fully saturated rings. The predicted octanol–water partition coefficient (Wildman–Crippen LogP) is 0.533. The van der Waals surface area contributed by atoms with Crippen LogP contribution >= 0.6 is 0 Å². The lowest BCUT2D eigenvalue weighted by Crippen LogP contribution is -2.38. The molecule has 0 saturated carbocycles. The second kappa shape index (κ2) is 6.44. The summed E-state index contributed by atoms with van der Waals surface area (Å²) in [5.74, 6) is 6.08. The predicted molar refractivity (Wildman–Crippen MR) is 73.3 cm³/mol. The highest BCUT2D eigenvalue weighted by molar-refractivity contribution is 5.59. The van der Waals surface area contributed by atoms with E-state index in [4.69, 9.17) is 10.6 Å². The van der Waals surface area contributed by atoms with Gasteiger partial charge in [0.05, 0.1) is 11.5 Å². The molecule has 1 aromatic rings. The maximum absolute atomic E-state index is 11.1. The molecular formula is C11H18N6O3. The standard InChI is InChI=1S/C11H18N6O3/c1-20-7-8-3-2-4-16(6-8)10-9(17(18)19)5-13-11(14-10)15-12/h5,8H,2-4,6-7,12H2,1H3,(H,13,14,15). The molecule has 1 atom stereocenters. The minimum Gasteiger partial charge on any atom is -0.384 e. The fourth-order valence-corrected chi connectivity index (χ4v) is 2.43. The van der Waals surface area contributed by atoms with Gasteiger partial charge in [-0.05, 0) is 18.8 Å². The van der Waals surface area contributed by atoms with Crippen LogP contribution in [0.3, 0.4) is 0 Å². The Hall–Kier alpha value is -2.00. The molecule has 0 spiro atoms. The highest BCUT2D eigenvalue weighted by atomic mass is 16.6. The van der Waals surface area contributed by atoms with E-state index in [0.29, 0.717) is 24.9 Å². The summed E-state index contributed by atoms with van der Waals surface area (Å²) in [4.78, 5) is 20.4. The van der Waals surface area contributed by atoms with Gasteiger partial charge in [-0.1, -0.05) is 0 Å². The van der Waals surface area contributed by atoms with Gasteiger partial charge in [0, 0.05) is 20.2 Å². The number of nitrogens with one attached hydrogen (secondary N) is 1. The average molecular weight is 282 g/mol. The van der Waals surface area contributed by atoms with Gasteiger partial charge in [0.15, 0.2) is 0 Å². The van der Waals surface area contributed by atoms with Crippen LogP contribution in [0.25, 0.3) is 0 Å². The maximum atomic E-state index is 11.1. The lowest BCUT2D eigenvalue weighted by molar-refractivity contribution is -0.384. The van der Waals surface area contributed by atoms with Crippen molar-refractivity contribution in [1.82, 2.24) is 9.97 Å². The van der Waals surface area contributed by atoms with Gasteiger partial charge in [-0.2, -0.15) is 4.98 Å². The lowest BCUT2D eigenvalue weighted by atomic mass is 9.99. The molecule has 9 nitrogen and oxygen atoms in total. The van der Waals surface area contributed by atoms with Crippen LogP contribution in [0.4, 0.5) is 17.5 Å².